The summed E-state index contributed by atoms with van der Waals surface area (Å²) in [5.74, 6) is 0.00236. The summed E-state index contributed by atoms with van der Waals surface area (Å²) < 4.78 is 33.6. The summed E-state index contributed by atoms with van der Waals surface area (Å²) in [5.41, 5.74) is 1.81. The number of oxime groups is 1. The van der Waals surface area contributed by atoms with Crippen LogP contribution in [0.25, 0.3) is 21.9 Å². The molecule has 69 heavy (non-hydrogen) atoms. The highest BCUT2D eigenvalue weighted by Crippen LogP contribution is 2.35. The normalized spacial score (nSPS) is 17.0. The van der Waals surface area contributed by atoms with E-state index in [1.165, 1.54) is 6.07 Å². The number of ketones is 1. The van der Waals surface area contributed by atoms with E-state index in [1.54, 1.807) is 78.9 Å². The molecular formula is C50H55Cl2N5O12. The molecule has 2 aromatic heterocycles. The maximum Gasteiger partial charge on any atom is 0.296 e. The molecule has 19 heteroatoms. The molecule has 6 aromatic rings. The molecular weight excluding hydrogens is 933 g/mol. The van der Waals surface area contributed by atoms with Gasteiger partial charge in [-0.25, -0.2) is 0 Å². The van der Waals surface area contributed by atoms with Crippen molar-refractivity contribution in [2.24, 2.45) is 5.16 Å². The quantitative estimate of drug-likeness (QED) is 0.0240. The van der Waals surface area contributed by atoms with E-state index in [4.69, 9.17) is 51.0 Å². The number of rotatable bonds is 14. The van der Waals surface area contributed by atoms with Crippen molar-refractivity contribution in [3.8, 4) is 23.0 Å². The van der Waals surface area contributed by atoms with E-state index in [1.807, 2.05) is 0 Å². The molecule has 2 amide bonds. The van der Waals surface area contributed by atoms with Crippen molar-refractivity contribution < 1.29 is 57.6 Å². The number of furan rings is 2. The number of hydrogen-bond acceptors (Lipinski definition) is 15. The minimum Gasteiger partial charge on any atom is -0.486 e. The standard InChI is InChI=1S/C24H24ClN3O6.C24H23ClN2O6.2CH4/c25-16-3-5-18-15(10-16)12-21(34-18)22(27-31)24(30)26-17(13-28-6-1-7-28)23(29)14-2-4-19-20(11-14)33-9-8-32-19;25-16-3-5-18-15(10-16)12-21(33-18)23(29)24(30)26-17(13-27-6-1-7-27)22(28)14-2-4-19-20(11-14)32-9-8-31-19;;/h2-5,10-12,17,23,29,31H,1,6-9,13H2,(H,26,30);2-5,10-12,17,22,28H,1,6-9,13H2,(H,26,30);2*1H4/b27-22+;;;/t17-,23-;17-,22-;;/m11../s1. The van der Waals surface area contributed by atoms with Crippen molar-refractivity contribution in [1.29, 1.82) is 0 Å². The second-order valence-corrected chi connectivity index (χ2v) is 17.4. The number of fused-ring (bicyclic) bond motifs is 4. The maximum absolute atomic E-state index is 13.1. The van der Waals surface area contributed by atoms with Gasteiger partial charge in [0.2, 0.25) is 5.71 Å². The average molecular weight is 989 g/mol. The van der Waals surface area contributed by atoms with Crippen LogP contribution in [0.15, 0.2) is 98.9 Å². The first kappa shape index (κ1) is 50.5. The zero-order valence-electron chi connectivity index (χ0n) is 36.0. The minimum atomic E-state index is -1.05. The third kappa shape index (κ3) is 11.6. The van der Waals surface area contributed by atoms with Crippen molar-refractivity contribution in [3.63, 3.8) is 0 Å². The average Bonchev–Trinajstić information content (AvgIpc) is 3.93. The molecule has 2 saturated heterocycles. The number of aliphatic hydroxyl groups excluding tert-OH is 2. The molecule has 0 spiro atoms. The number of hydrogen-bond donors (Lipinski definition) is 5. The van der Waals surface area contributed by atoms with Gasteiger partial charge in [-0.3, -0.25) is 14.4 Å². The van der Waals surface area contributed by atoms with Crippen LogP contribution in [0.5, 0.6) is 23.0 Å². The van der Waals surface area contributed by atoms with Crippen molar-refractivity contribution in [1.82, 2.24) is 20.4 Å². The summed E-state index contributed by atoms with van der Waals surface area (Å²) in [6, 6.07) is 22.1. The highest BCUT2D eigenvalue weighted by Gasteiger charge is 2.33. The fraction of sp³-hybridized carbons (Fsp3) is 0.360. The first-order valence-electron chi connectivity index (χ1n) is 21.9. The number of nitrogens with one attached hydrogen (secondary N) is 2. The number of aliphatic hydroxyl groups is 2. The first-order chi connectivity index (χ1) is 32.5. The van der Waals surface area contributed by atoms with Gasteiger partial charge in [-0.15, -0.1) is 0 Å². The first-order valence-corrected chi connectivity index (χ1v) is 22.6. The molecule has 2 fully saturated rings. The van der Waals surface area contributed by atoms with Gasteiger partial charge in [0, 0.05) is 33.9 Å². The number of halogens is 2. The van der Waals surface area contributed by atoms with E-state index in [0.29, 0.717) is 106 Å². The fourth-order valence-corrected chi connectivity index (χ4v) is 8.49. The Bertz CT molecular complexity index is 2820. The van der Waals surface area contributed by atoms with Crippen molar-refractivity contribution in [2.75, 3.05) is 65.7 Å². The minimum absolute atomic E-state index is 0. The highest BCUT2D eigenvalue weighted by molar-refractivity contribution is 6.45. The third-order valence-electron chi connectivity index (χ3n) is 12.0. The predicted molar refractivity (Wildman–Crippen MR) is 259 cm³/mol. The monoisotopic (exact) mass is 987 g/mol. The van der Waals surface area contributed by atoms with E-state index >= 15 is 0 Å². The fourth-order valence-electron chi connectivity index (χ4n) is 8.13. The highest BCUT2D eigenvalue weighted by atomic mass is 35.5. The van der Waals surface area contributed by atoms with Gasteiger partial charge in [0.05, 0.1) is 12.1 Å². The molecule has 4 aliphatic rings. The number of carbonyl (C=O) groups is 3. The lowest BCUT2D eigenvalue weighted by Gasteiger charge is -2.36. The SMILES string of the molecule is C.C.O=C(N[C@H](CN1CCC1)[C@H](O)c1ccc2c(c1)OCCO2)/C(=N/O)c1cc2cc(Cl)ccc2o1.O=C(N[C@H](CN1CCC1)[C@H](O)c1ccc2c(c1)OCCO2)C(=O)c1cc2cc(Cl)ccc2o1. The van der Waals surface area contributed by atoms with E-state index in [-0.39, 0.29) is 32.1 Å². The Hall–Kier alpha value is -6.34. The third-order valence-corrected chi connectivity index (χ3v) is 12.4. The van der Waals surface area contributed by atoms with Crippen LogP contribution in [0.4, 0.5) is 0 Å². The molecule has 6 heterocycles. The molecule has 0 bridgehead atoms. The number of likely N-dealkylation sites (tertiary alicyclic amines) is 2. The van der Waals surface area contributed by atoms with Gasteiger partial charge in [0.25, 0.3) is 17.6 Å². The van der Waals surface area contributed by atoms with Crippen molar-refractivity contribution in [3.05, 3.63) is 118 Å². The second kappa shape index (κ2) is 22.4. The molecule has 0 saturated carbocycles. The van der Waals surface area contributed by atoms with Crippen LogP contribution in [0.1, 0.15) is 67.3 Å². The number of amides is 2. The molecule has 0 radical (unpaired) electrons. The van der Waals surface area contributed by atoms with Gasteiger partial charge in [0.15, 0.2) is 34.5 Å². The van der Waals surface area contributed by atoms with Crippen molar-refractivity contribution >= 4 is 68.4 Å². The summed E-state index contributed by atoms with van der Waals surface area (Å²) in [7, 11) is 0. The topological polar surface area (TPSA) is 218 Å². The lowest BCUT2D eigenvalue weighted by molar-refractivity contribution is -0.119. The molecule has 4 aliphatic heterocycles. The molecule has 17 nitrogen and oxygen atoms in total. The lowest BCUT2D eigenvalue weighted by Crippen LogP contribution is -2.52. The summed E-state index contributed by atoms with van der Waals surface area (Å²) >= 11 is 12.0. The van der Waals surface area contributed by atoms with Crippen LogP contribution in [-0.4, -0.2) is 126 Å². The summed E-state index contributed by atoms with van der Waals surface area (Å²) in [6.07, 6.45) is 0.0369. The van der Waals surface area contributed by atoms with Crippen LogP contribution in [-0.2, 0) is 9.59 Å². The van der Waals surface area contributed by atoms with Gasteiger partial charge in [-0.05, 0) is 123 Å². The number of carbonyl (C=O) groups excluding carboxylic acids is 3. The molecule has 10 rings (SSSR count). The van der Waals surface area contributed by atoms with Crippen LogP contribution in [0.3, 0.4) is 0 Å². The lowest BCUT2D eigenvalue weighted by atomic mass is 9.99. The van der Waals surface area contributed by atoms with Crippen molar-refractivity contribution in [2.45, 2.75) is 52.0 Å². The van der Waals surface area contributed by atoms with Gasteiger partial charge >= 0.3 is 0 Å². The van der Waals surface area contributed by atoms with E-state index in [9.17, 15) is 29.8 Å². The smallest absolute Gasteiger partial charge is 0.296 e. The number of benzene rings is 4. The van der Waals surface area contributed by atoms with Gasteiger partial charge in [0.1, 0.15) is 49.8 Å². The second-order valence-electron chi connectivity index (χ2n) is 16.5. The summed E-state index contributed by atoms with van der Waals surface area (Å²) in [6.45, 7) is 6.14. The molecule has 0 unspecified atom stereocenters. The zero-order chi connectivity index (χ0) is 46.6. The number of nitrogens with zero attached hydrogens (tertiary/aromatic N) is 3. The Morgan fingerprint density at radius 3 is 1.46 bits per heavy atom. The van der Waals surface area contributed by atoms with Gasteiger partial charge in [-0.1, -0.05) is 55.3 Å². The van der Waals surface area contributed by atoms with E-state index in [2.05, 4.69) is 25.6 Å². The van der Waals surface area contributed by atoms with E-state index < -0.39 is 41.9 Å². The Balaban J connectivity index is 0.000000198. The Kier molecular flexibility index (Phi) is 16.4. The molecule has 4 aromatic carbocycles. The number of Topliss-reactive ketones (excluding diaryl/α,β-unsaturated/α-hetero) is 1. The van der Waals surface area contributed by atoms with Crippen LogP contribution < -0.4 is 29.6 Å². The van der Waals surface area contributed by atoms with Crippen LogP contribution in [0, 0.1) is 0 Å². The molecule has 4 atom stereocenters. The maximum atomic E-state index is 13.1. The van der Waals surface area contributed by atoms with Gasteiger partial charge < -0.3 is 63.6 Å². The summed E-state index contributed by atoms with van der Waals surface area (Å²) in [4.78, 5) is 43.0. The molecule has 0 aliphatic carbocycles. The Morgan fingerprint density at radius 1 is 0.580 bits per heavy atom. The Morgan fingerprint density at radius 2 is 1.01 bits per heavy atom. The predicted octanol–water partition coefficient (Wildman–Crippen LogP) is 7.20. The van der Waals surface area contributed by atoms with Gasteiger partial charge in [-0.2, -0.15) is 0 Å². The largest absolute Gasteiger partial charge is 0.486 e. The van der Waals surface area contributed by atoms with Crippen LogP contribution >= 0.6 is 23.2 Å². The Labute approximate surface area is 408 Å². The molecule has 5 N–H and O–H groups in total. The number of ether oxygens (including phenoxy) is 4. The molecule has 366 valence electrons. The zero-order valence-corrected chi connectivity index (χ0v) is 37.5. The van der Waals surface area contributed by atoms with Crippen LogP contribution in [0.2, 0.25) is 10.0 Å². The summed E-state index contributed by atoms with van der Waals surface area (Å²) in [5, 5.41) is 42.9. The van der Waals surface area contributed by atoms with E-state index in [0.717, 1.165) is 39.0 Å².